The molecule has 0 unspecified atom stereocenters. The Morgan fingerprint density at radius 3 is 2.67 bits per heavy atom. The Kier molecular flexibility index (Phi) is 2.77. The summed E-state index contributed by atoms with van der Waals surface area (Å²) in [7, 11) is 3.63. The summed E-state index contributed by atoms with van der Waals surface area (Å²) < 4.78 is 8.09. The molecule has 3 nitrogen and oxygen atoms in total. The molecule has 0 aliphatic carbocycles. The third-order valence-electron chi connectivity index (χ3n) is 2.31. The van der Waals surface area contributed by atoms with Crippen molar-refractivity contribution in [2.45, 2.75) is 0 Å². The van der Waals surface area contributed by atoms with Gasteiger partial charge in [-0.1, -0.05) is 12.1 Å². The lowest BCUT2D eigenvalue weighted by Crippen LogP contribution is -1.94. The highest BCUT2D eigenvalue weighted by Gasteiger charge is 2.10. The van der Waals surface area contributed by atoms with E-state index in [4.69, 9.17) is 4.74 Å². The van der Waals surface area contributed by atoms with Crippen molar-refractivity contribution < 1.29 is 4.74 Å². The van der Waals surface area contributed by atoms with E-state index in [1.807, 2.05) is 42.1 Å². The molecule has 0 bridgehead atoms. The predicted octanol–water partition coefficient (Wildman–Crippen LogP) is 2.86. The molecule has 78 valence electrons. The molecule has 1 aromatic carbocycles. The van der Waals surface area contributed by atoms with Gasteiger partial charge < -0.3 is 9.30 Å². The van der Waals surface area contributed by atoms with E-state index in [0.717, 1.165) is 21.7 Å². The minimum atomic E-state index is 0.809. The average Bonchev–Trinajstić information content (AvgIpc) is 2.60. The number of nitrogens with zero attached hydrogens (tertiary/aromatic N) is 2. The smallest absolute Gasteiger partial charge is 0.177 e. The first-order valence-corrected chi connectivity index (χ1v) is 5.34. The van der Waals surface area contributed by atoms with Gasteiger partial charge in [-0.05, 0) is 28.1 Å². The van der Waals surface area contributed by atoms with Crippen molar-refractivity contribution in [1.82, 2.24) is 9.55 Å². The first-order chi connectivity index (χ1) is 7.24. The molecule has 1 aromatic heterocycles. The van der Waals surface area contributed by atoms with Crippen LogP contribution in [0.2, 0.25) is 0 Å². The minimum absolute atomic E-state index is 0.809. The van der Waals surface area contributed by atoms with Crippen LogP contribution in [-0.2, 0) is 7.05 Å². The molecule has 15 heavy (non-hydrogen) atoms. The molecule has 2 rings (SSSR count). The zero-order chi connectivity index (χ0) is 10.8. The van der Waals surface area contributed by atoms with E-state index >= 15 is 0 Å². The third kappa shape index (κ3) is 1.77. The molecule has 0 N–H and O–H groups in total. The summed E-state index contributed by atoms with van der Waals surface area (Å²) in [6.07, 6.45) is 1.82. The Balaban J connectivity index is 2.58. The van der Waals surface area contributed by atoms with E-state index in [-0.39, 0.29) is 0 Å². The Labute approximate surface area is 96.8 Å². The molecular weight excluding hydrogens is 256 g/mol. The van der Waals surface area contributed by atoms with Crippen LogP contribution in [0.25, 0.3) is 11.3 Å². The number of hydrogen-bond acceptors (Lipinski definition) is 2. The lowest BCUT2D eigenvalue weighted by atomic mass is 10.1. The van der Waals surface area contributed by atoms with Gasteiger partial charge in [0, 0.05) is 12.6 Å². The first-order valence-electron chi connectivity index (χ1n) is 4.54. The van der Waals surface area contributed by atoms with Crippen LogP contribution in [0.15, 0.2) is 35.2 Å². The van der Waals surface area contributed by atoms with Crippen LogP contribution in [0.4, 0.5) is 0 Å². The maximum Gasteiger partial charge on any atom is 0.177 e. The van der Waals surface area contributed by atoms with Crippen molar-refractivity contribution in [3.63, 3.8) is 0 Å². The Hall–Kier alpha value is -1.29. The van der Waals surface area contributed by atoms with Crippen LogP contribution in [-0.4, -0.2) is 16.7 Å². The maximum absolute atomic E-state index is 5.31. The van der Waals surface area contributed by atoms with Crippen LogP contribution in [0.5, 0.6) is 5.75 Å². The number of ether oxygens (including phenoxy) is 1. The standard InChI is InChI=1S/C11H11BrN2O/c1-14-9(7-13-11(14)12)8-5-3-4-6-10(8)15-2/h3-7H,1-2H3. The summed E-state index contributed by atoms with van der Waals surface area (Å²) in [4.78, 5) is 4.19. The van der Waals surface area contributed by atoms with Gasteiger partial charge in [0.2, 0.25) is 0 Å². The molecule has 0 spiro atoms. The van der Waals surface area contributed by atoms with Gasteiger partial charge >= 0.3 is 0 Å². The quantitative estimate of drug-likeness (QED) is 0.836. The Bertz CT molecular complexity index is 479. The summed E-state index contributed by atoms with van der Waals surface area (Å²) in [6, 6.07) is 7.89. The second-order valence-electron chi connectivity index (χ2n) is 3.17. The molecule has 0 aliphatic rings. The molecule has 0 amide bonds. The van der Waals surface area contributed by atoms with Gasteiger partial charge in [-0.25, -0.2) is 4.98 Å². The Morgan fingerprint density at radius 1 is 1.33 bits per heavy atom. The van der Waals surface area contributed by atoms with Crippen LogP contribution >= 0.6 is 15.9 Å². The zero-order valence-corrected chi connectivity index (χ0v) is 10.2. The Morgan fingerprint density at radius 2 is 2.07 bits per heavy atom. The van der Waals surface area contributed by atoms with Gasteiger partial charge in [-0.3, -0.25) is 0 Å². The number of para-hydroxylation sites is 1. The highest BCUT2D eigenvalue weighted by molar-refractivity contribution is 9.10. The maximum atomic E-state index is 5.31. The number of rotatable bonds is 2. The second-order valence-corrected chi connectivity index (χ2v) is 3.88. The molecule has 0 fully saturated rings. The fraction of sp³-hybridized carbons (Fsp3) is 0.182. The van der Waals surface area contributed by atoms with E-state index < -0.39 is 0 Å². The number of imidazole rings is 1. The molecule has 0 atom stereocenters. The summed E-state index contributed by atoms with van der Waals surface area (Å²) in [5, 5.41) is 0. The van der Waals surface area contributed by atoms with Crippen LogP contribution in [0.3, 0.4) is 0 Å². The van der Waals surface area contributed by atoms with Gasteiger partial charge in [0.15, 0.2) is 4.73 Å². The lowest BCUT2D eigenvalue weighted by molar-refractivity contribution is 0.416. The largest absolute Gasteiger partial charge is 0.496 e. The number of benzene rings is 1. The van der Waals surface area contributed by atoms with Gasteiger partial charge in [0.1, 0.15) is 5.75 Å². The lowest BCUT2D eigenvalue weighted by Gasteiger charge is -2.08. The third-order valence-corrected chi connectivity index (χ3v) is 3.05. The van der Waals surface area contributed by atoms with Crippen molar-refractivity contribution in [1.29, 1.82) is 0 Å². The van der Waals surface area contributed by atoms with Crippen LogP contribution in [0, 0.1) is 0 Å². The normalized spacial score (nSPS) is 10.3. The van der Waals surface area contributed by atoms with Crippen LogP contribution in [0.1, 0.15) is 0 Å². The topological polar surface area (TPSA) is 27.1 Å². The zero-order valence-electron chi connectivity index (χ0n) is 8.57. The number of hydrogen-bond donors (Lipinski definition) is 0. The highest BCUT2D eigenvalue weighted by atomic mass is 79.9. The molecule has 0 saturated carbocycles. The van der Waals surface area contributed by atoms with Crippen molar-refractivity contribution in [3.05, 3.63) is 35.2 Å². The van der Waals surface area contributed by atoms with Crippen LogP contribution < -0.4 is 4.74 Å². The highest BCUT2D eigenvalue weighted by Crippen LogP contribution is 2.30. The molecular formula is C11H11BrN2O. The fourth-order valence-electron chi connectivity index (χ4n) is 1.49. The van der Waals surface area contributed by atoms with E-state index in [2.05, 4.69) is 20.9 Å². The molecule has 0 aliphatic heterocycles. The summed E-state index contributed by atoms with van der Waals surface area (Å²) in [5.41, 5.74) is 2.07. The van der Waals surface area contributed by atoms with Crippen molar-refractivity contribution in [3.8, 4) is 17.0 Å². The summed E-state index contributed by atoms with van der Waals surface area (Å²) in [5.74, 6) is 0.855. The van der Waals surface area contributed by atoms with Crippen molar-refractivity contribution >= 4 is 15.9 Å². The van der Waals surface area contributed by atoms with Crippen molar-refractivity contribution in [2.24, 2.45) is 7.05 Å². The second kappa shape index (κ2) is 4.06. The molecule has 0 radical (unpaired) electrons. The van der Waals surface area contributed by atoms with E-state index in [1.54, 1.807) is 7.11 Å². The van der Waals surface area contributed by atoms with Gasteiger partial charge in [0.25, 0.3) is 0 Å². The van der Waals surface area contributed by atoms with E-state index in [1.165, 1.54) is 0 Å². The molecule has 1 heterocycles. The summed E-state index contributed by atoms with van der Waals surface area (Å²) >= 11 is 3.37. The van der Waals surface area contributed by atoms with Gasteiger partial charge in [0.05, 0.1) is 19.0 Å². The molecule has 0 saturated heterocycles. The number of aromatic nitrogens is 2. The molecule has 2 aromatic rings. The average molecular weight is 267 g/mol. The minimum Gasteiger partial charge on any atom is -0.496 e. The first kappa shape index (κ1) is 10.2. The monoisotopic (exact) mass is 266 g/mol. The van der Waals surface area contributed by atoms with E-state index in [0.29, 0.717) is 0 Å². The van der Waals surface area contributed by atoms with Crippen molar-refractivity contribution in [2.75, 3.05) is 7.11 Å². The van der Waals surface area contributed by atoms with Gasteiger partial charge in [-0.15, -0.1) is 0 Å². The number of methoxy groups -OCH3 is 1. The van der Waals surface area contributed by atoms with Gasteiger partial charge in [-0.2, -0.15) is 0 Å². The predicted molar refractivity (Wildman–Crippen MR) is 62.9 cm³/mol. The summed E-state index contributed by atoms with van der Waals surface area (Å²) in [6.45, 7) is 0. The number of halogens is 1. The fourth-order valence-corrected chi connectivity index (χ4v) is 1.79. The SMILES string of the molecule is COc1ccccc1-c1cnc(Br)n1C. The van der Waals surface area contributed by atoms with E-state index in [9.17, 15) is 0 Å². The molecule has 4 heteroatoms.